The normalized spacial score (nSPS) is 21.4. The average Bonchev–Trinajstić information content (AvgIpc) is 2.64. The van der Waals surface area contributed by atoms with Crippen molar-refractivity contribution in [2.75, 3.05) is 26.2 Å². The molecule has 1 fully saturated rings. The van der Waals surface area contributed by atoms with Gasteiger partial charge in [0, 0.05) is 30.9 Å². The topological polar surface area (TPSA) is 56.3 Å². The molecule has 102 valence electrons. The van der Waals surface area contributed by atoms with Crippen LogP contribution in [0.1, 0.15) is 23.9 Å². The first-order chi connectivity index (χ1) is 8.65. The van der Waals surface area contributed by atoms with Crippen molar-refractivity contribution in [1.82, 2.24) is 14.7 Å². The number of morpholine rings is 1. The first-order valence-corrected chi connectivity index (χ1v) is 6.72. The van der Waals surface area contributed by atoms with E-state index in [-0.39, 0.29) is 6.10 Å². The minimum Gasteiger partial charge on any atom is -0.374 e. The summed E-state index contributed by atoms with van der Waals surface area (Å²) in [5.74, 6) is 0. The first-order valence-electron chi connectivity index (χ1n) is 6.72. The fourth-order valence-corrected chi connectivity index (χ4v) is 2.58. The Morgan fingerprint density at radius 2 is 2.22 bits per heavy atom. The highest BCUT2D eigenvalue weighted by atomic mass is 16.5. The molecular formula is C13H24N4O. The van der Waals surface area contributed by atoms with E-state index in [4.69, 9.17) is 10.5 Å². The summed E-state index contributed by atoms with van der Waals surface area (Å²) >= 11 is 0. The standard InChI is InChI=1S/C13H24N4O/c1-4-16-5-6-18-12(8-16)9-17-11(3)13(7-14)10(2)15-17/h12H,4-9,14H2,1-3H3. The molecule has 2 heterocycles. The number of hydrogen-bond acceptors (Lipinski definition) is 4. The van der Waals surface area contributed by atoms with Gasteiger partial charge in [-0.15, -0.1) is 0 Å². The molecule has 18 heavy (non-hydrogen) atoms. The third-order valence-electron chi connectivity index (χ3n) is 3.78. The molecule has 5 nitrogen and oxygen atoms in total. The minimum absolute atomic E-state index is 0.238. The molecule has 5 heteroatoms. The monoisotopic (exact) mass is 252 g/mol. The Kier molecular flexibility index (Phi) is 4.37. The lowest BCUT2D eigenvalue weighted by atomic mass is 10.2. The molecule has 1 aliphatic heterocycles. The van der Waals surface area contributed by atoms with Crippen LogP contribution in [0.4, 0.5) is 0 Å². The fourth-order valence-electron chi connectivity index (χ4n) is 2.58. The Bertz CT molecular complexity index is 402. The van der Waals surface area contributed by atoms with Gasteiger partial charge in [0.2, 0.25) is 0 Å². The summed E-state index contributed by atoms with van der Waals surface area (Å²) in [5, 5.41) is 4.56. The molecule has 2 N–H and O–H groups in total. The second kappa shape index (κ2) is 5.82. The zero-order chi connectivity index (χ0) is 13.1. The maximum Gasteiger partial charge on any atom is 0.0898 e. The SMILES string of the molecule is CCN1CCOC(Cn2nc(C)c(CN)c2C)C1. The van der Waals surface area contributed by atoms with Gasteiger partial charge >= 0.3 is 0 Å². The first kappa shape index (κ1) is 13.5. The smallest absolute Gasteiger partial charge is 0.0898 e. The lowest BCUT2D eigenvalue weighted by Gasteiger charge is -2.32. The van der Waals surface area contributed by atoms with Crippen LogP contribution in [0.3, 0.4) is 0 Å². The van der Waals surface area contributed by atoms with Crippen molar-refractivity contribution in [2.45, 2.75) is 40.0 Å². The molecular weight excluding hydrogens is 228 g/mol. The highest BCUT2D eigenvalue weighted by Gasteiger charge is 2.21. The van der Waals surface area contributed by atoms with Crippen molar-refractivity contribution in [3.63, 3.8) is 0 Å². The number of hydrogen-bond donors (Lipinski definition) is 1. The predicted octanol–water partition coefficient (Wildman–Crippen LogP) is 0.679. The van der Waals surface area contributed by atoms with E-state index < -0.39 is 0 Å². The van der Waals surface area contributed by atoms with Crippen LogP contribution in [-0.4, -0.2) is 47.0 Å². The molecule has 2 rings (SSSR count). The van der Waals surface area contributed by atoms with Crippen LogP contribution in [-0.2, 0) is 17.8 Å². The molecule has 1 aromatic heterocycles. The Morgan fingerprint density at radius 1 is 1.44 bits per heavy atom. The van der Waals surface area contributed by atoms with Crippen LogP contribution in [0, 0.1) is 13.8 Å². The molecule has 0 saturated carbocycles. The van der Waals surface area contributed by atoms with E-state index in [0.29, 0.717) is 6.54 Å². The predicted molar refractivity (Wildman–Crippen MR) is 71.4 cm³/mol. The van der Waals surface area contributed by atoms with Gasteiger partial charge in [-0.25, -0.2) is 0 Å². The molecule has 1 aromatic rings. The minimum atomic E-state index is 0.238. The average molecular weight is 252 g/mol. The highest BCUT2D eigenvalue weighted by Crippen LogP contribution is 2.14. The van der Waals surface area contributed by atoms with Gasteiger partial charge < -0.3 is 10.5 Å². The lowest BCUT2D eigenvalue weighted by Crippen LogP contribution is -2.44. The number of aromatic nitrogens is 2. The number of rotatable bonds is 4. The van der Waals surface area contributed by atoms with E-state index in [9.17, 15) is 0 Å². The number of likely N-dealkylation sites (N-methyl/N-ethyl adjacent to an activating group) is 1. The van der Waals surface area contributed by atoms with Gasteiger partial charge in [-0.05, 0) is 20.4 Å². The van der Waals surface area contributed by atoms with Crippen molar-refractivity contribution >= 4 is 0 Å². The second-order valence-corrected chi connectivity index (χ2v) is 4.92. The molecule has 0 aliphatic carbocycles. The van der Waals surface area contributed by atoms with Gasteiger partial charge in [-0.1, -0.05) is 6.92 Å². The van der Waals surface area contributed by atoms with Crippen LogP contribution in [0.15, 0.2) is 0 Å². The maximum absolute atomic E-state index is 5.82. The molecule has 1 unspecified atom stereocenters. The van der Waals surface area contributed by atoms with Crippen LogP contribution in [0.5, 0.6) is 0 Å². The van der Waals surface area contributed by atoms with Crippen LogP contribution in [0.25, 0.3) is 0 Å². The molecule has 0 aromatic carbocycles. The number of ether oxygens (including phenoxy) is 1. The third-order valence-corrected chi connectivity index (χ3v) is 3.78. The van der Waals surface area contributed by atoms with E-state index in [2.05, 4.69) is 23.8 Å². The fraction of sp³-hybridized carbons (Fsp3) is 0.769. The molecule has 0 amide bonds. The Labute approximate surface area is 109 Å². The largest absolute Gasteiger partial charge is 0.374 e. The van der Waals surface area contributed by atoms with Gasteiger partial charge in [0.15, 0.2) is 0 Å². The maximum atomic E-state index is 5.82. The van der Waals surface area contributed by atoms with Crippen LogP contribution in [0.2, 0.25) is 0 Å². The van der Waals surface area contributed by atoms with Gasteiger partial charge in [0.05, 0.1) is 24.9 Å². The third kappa shape index (κ3) is 2.74. The van der Waals surface area contributed by atoms with Crippen molar-refractivity contribution < 1.29 is 4.74 Å². The summed E-state index contributed by atoms with van der Waals surface area (Å²) in [6, 6.07) is 0. The van der Waals surface area contributed by atoms with Gasteiger partial charge in [0.1, 0.15) is 0 Å². The zero-order valence-corrected chi connectivity index (χ0v) is 11.6. The van der Waals surface area contributed by atoms with E-state index >= 15 is 0 Å². The molecule has 0 radical (unpaired) electrons. The van der Waals surface area contributed by atoms with Gasteiger partial charge in [-0.3, -0.25) is 9.58 Å². The zero-order valence-electron chi connectivity index (χ0n) is 11.6. The summed E-state index contributed by atoms with van der Waals surface area (Å²) in [6.45, 7) is 11.6. The van der Waals surface area contributed by atoms with E-state index in [1.807, 2.05) is 11.6 Å². The quantitative estimate of drug-likeness (QED) is 0.856. The number of nitrogens with two attached hydrogens (primary N) is 1. The lowest BCUT2D eigenvalue weighted by molar-refractivity contribution is -0.0360. The van der Waals surface area contributed by atoms with Gasteiger partial charge in [-0.2, -0.15) is 5.10 Å². The second-order valence-electron chi connectivity index (χ2n) is 4.92. The molecule has 1 saturated heterocycles. The summed E-state index contributed by atoms with van der Waals surface area (Å²) in [4.78, 5) is 2.42. The molecule has 1 aliphatic rings. The molecule has 0 spiro atoms. The van der Waals surface area contributed by atoms with Crippen molar-refractivity contribution in [3.8, 4) is 0 Å². The Hall–Kier alpha value is -0.910. The molecule has 0 bridgehead atoms. The number of aryl methyl sites for hydroxylation is 1. The molecule has 1 atom stereocenters. The Balaban J connectivity index is 2.05. The van der Waals surface area contributed by atoms with Crippen molar-refractivity contribution in [1.29, 1.82) is 0 Å². The summed E-state index contributed by atoms with van der Waals surface area (Å²) in [7, 11) is 0. The van der Waals surface area contributed by atoms with Gasteiger partial charge in [0.25, 0.3) is 0 Å². The summed E-state index contributed by atoms with van der Waals surface area (Å²) in [5.41, 5.74) is 9.13. The summed E-state index contributed by atoms with van der Waals surface area (Å²) in [6.07, 6.45) is 0.238. The number of nitrogens with zero attached hydrogens (tertiary/aromatic N) is 3. The van der Waals surface area contributed by atoms with E-state index in [1.165, 1.54) is 5.69 Å². The highest BCUT2D eigenvalue weighted by molar-refractivity contribution is 5.24. The van der Waals surface area contributed by atoms with Crippen LogP contribution >= 0.6 is 0 Å². The summed E-state index contributed by atoms with van der Waals surface area (Å²) < 4.78 is 7.86. The van der Waals surface area contributed by atoms with Crippen LogP contribution < -0.4 is 5.73 Å². The van der Waals surface area contributed by atoms with Crippen molar-refractivity contribution in [2.24, 2.45) is 5.73 Å². The van der Waals surface area contributed by atoms with Crippen molar-refractivity contribution in [3.05, 3.63) is 17.0 Å². The van der Waals surface area contributed by atoms with E-state index in [1.54, 1.807) is 0 Å². The van der Waals surface area contributed by atoms with E-state index in [0.717, 1.165) is 44.0 Å². The Morgan fingerprint density at radius 3 is 2.83 bits per heavy atom.